The molecule has 1 aromatic carbocycles. The minimum absolute atomic E-state index is 0.109. The van der Waals surface area contributed by atoms with E-state index in [1.807, 2.05) is 6.92 Å². The van der Waals surface area contributed by atoms with Crippen LogP contribution in [0.2, 0.25) is 0 Å². The molecule has 0 spiro atoms. The quantitative estimate of drug-likeness (QED) is 0.757. The third kappa shape index (κ3) is 2.88. The van der Waals surface area contributed by atoms with E-state index in [2.05, 4.69) is 4.90 Å². The monoisotopic (exact) mass is 251 g/mol. The fourth-order valence-corrected chi connectivity index (χ4v) is 2.28. The van der Waals surface area contributed by atoms with E-state index < -0.39 is 0 Å². The average Bonchev–Trinajstić information content (AvgIpc) is 2.53. The third-order valence-corrected chi connectivity index (χ3v) is 3.13. The van der Waals surface area contributed by atoms with Crippen molar-refractivity contribution in [1.82, 2.24) is 0 Å². The molecule has 4 heteroatoms. The summed E-state index contributed by atoms with van der Waals surface area (Å²) in [6.45, 7) is 5.77. The summed E-state index contributed by atoms with van der Waals surface area (Å²) in [5, 5.41) is 0. The van der Waals surface area contributed by atoms with Gasteiger partial charge in [0.1, 0.15) is 5.82 Å². The SMILES string of the molecule is CC(=O)c1cc(F)ccc1N1CCCO[C@H](C)C1. The lowest BCUT2D eigenvalue weighted by Gasteiger charge is -2.26. The number of anilines is 1. The number of carbonyl (C=O) groups is 1. The van der Waals surface area contributed by atoms with Crippen LogP contribution in [0.3, 0.4) is 0 Å². The smallest absolute Gasteiger partial charge is 0.161 e. The van der Waals surface area contributed by atoms with Gasteiger partial charge < -0.3 is 9.64 Å². The molecule has 1 fully saturated rings. The Kier molecular flexibility index (Phi) is 3.97. The van der Waals surface area contributed by atoms with Crippen LogP contribution in [-0.4, -0.2) is 31.6 Å². The second-order valence-electron chi connectivity index (χ2n) is 4.70. The highest BCUT2D eigenvalue weighted by molar-refractivity contribution is 5.99. The average molecular weight is 251 g/mol. The Morgan fingerprint density at radius 2 is 2.28 bits per heavy atom. The van der Waals surface area contributed by atoms with Crippen molar-refractivity contribution < 1.29 is 13.9 Å². The highest BCUT2D eigenvalue weighted by Crippen LogP contribution is 2.24. The van der Waals surface area contributed by atoms with Crippen LogP contribution in [0.1, 0.15) is 30.6 Å². The summed E-state index contributed by atoms with van der Waals surface area (Å²) in [5.41, 5.74) is 1.25. The number of rotatable bonds is 2. The molecule has 3 nitrogen and oxygen atoms in total. The van der Waals surface area contributed by atoms with Crippen LogP contribution >= 0.6 is 0 Å². The van der Waals surface area contributed by atoms with Gasteiger partial charge in [0, 0.05) is 30.9 Å². The van der Waals surface area contributed by atoms with E-state index >= 15 is 0 Å². The number of carbonyl (C=O) groups excluding carboxylic acids is 1. The molecule has 0 N–H and O–H groups in total. The van der Waals surface area contributed by atoms with Gasteiger partial charge in [-0.15, -0.1) is 0 Å². The lowest BCUT2D eigenvalue weighted by Crippen LogP contribution is -2.31. The summed E-state index contributed by atoms with van der Waals surface area (Å²) in [7, 11) is 0. The minimum Gasteiger partial charge on any atom is -0.377 e. The Bertz CT molecular complexity index is 447. The normalized spacial score (nSPS) is 20.6. The first kappa shape index (κ1) is 13.0. The van der Waals surface area contributed by atoms with Gasteiger partial charge in [-0.3, -0.25) is 4.79 Å². The van der Waals surface area contributed by atoms with Crippen LogP contribution in [0.25, 0.3) is 0 Å². The summed E-state index contributed by atoms with van der Waals surface area (Å²) >= 11 is 0. The molecule has 0 bridgehead atoms. The molecule has 2 rings (SSSR count). The van der Waals surface area contributed by atoms with Crippen molar-refractivity contribution in [2.24, 2.45) is 0 Å². The van der Waals surface area contributed by atoms with E-state index in [1.165, 1.54) is 19.1 Å². The largest absolute Gasteiger partial charge is 0.377 e. The molecule has 0 amide bonds. The van der Waals surface area contributed by atoms with Crippen LogP contribution in [-0.2, 0) is 4.74 Å². The van der Waals surface area contributed by atoms with E-state index in [0.29, 0.717) is 5.56 Å². The third-order valence-electron chi connectivity index (χ3n) is 3.13. The van der Waals surface area contributed by atoms with Gasteiger partial charge in [0.05, 0.1) is 6.10 Å². The number of benzene rings is 1. The standard InChI is InChI=1S/C14H18FNO2/c1-10-9-16(6-3-7-18-10)14-5-4-12(15)8-13(14)11(2)17/h4-5,8,10H,3,6-7,9H2,1-2H3/t10-/m1/s1. The highest BCUT2D eigenvalue weighted by atomic mass is 19.1. The van der Waals surface area contributed by atoms with Crippen LogP contribution in [0.4, 0.5) is 10.1 Å². The molecule has 98 valence electrons. The van der Waals surface area contributed by atoms with Crippen molar-refractivity contribution in [2.75, 3.05) is 24.6 Å². The first-order valence-corrected chi connectivity index (χ1v) is 6.25. The topological polar surface area (TPSA) is 29.5 Å². The van der Waals surface area contributed by atoms with Crippen molar-refractivity contribution in [3.8, 4) is 0 Å². The molecule has 0 unspecified atom stereocenters. The number of ether oxygens (including phenoxy) is 1. The Balaban J connectivity index is 2.33. The second-order valence-corrected chi connectivity index (χ2v) is 4.70. The summed E-state index contributed by atoms with van der Waals surface area (Å²) in [6.07, 6.45) is 1.04. The molecule has 0 aliphatic carbocycles. The lowest BCUT2D eigenvalue weighted by molar-refractivity contribution is 0.0820. The first-order valence-electron chi connectivity index (χ1n) is 6.25. The van der Waals surface area contributed by atoms with Crippen molar-refractivity contribution in [2.45, 2.75) is 26.4 Å². The highest BCUT2D eigenvalue weighted by Gasteiger charge is 2.19. The Labute approximate surface area is 107 Å². The number of ketones is 1. The maximum absolute atomic E-state index is 13.2. The van der Waals surface area contributed by atoms with Crippen LogP contribution in [0, 0.1) is 5.82 Å². The van der Waals surface area contributed by atoms with Crippen molar-refractivity contribution in [3.05, 3.63) is 29.6 Å². The minimum atomic E-state index is -0.372. The van der Waals surface area contributed by atoms with Crippen LogP contribution in [0.15, 0.2) is 18.2 Å². The zero-order valence-electron chi connectivity index (χ0n) is 10.8. The molecule has 18 heavy (non-hydrogen) atoms. The predicted octanol–water partition coefficient (Wildman–Crippen LogP) is 2.64. The van der Waals surface area contributed by atoms with Crippen LogP contribution < -0.4 is 4.90 Å². The van der Waals surface area contributed by atoms with Crippen molar-refractivity contribution >= 4 is 11.5 Å². The molecule has 1 aromatic rings. The van der Waals surface area contributed by atoms with Gasteiger partial charge >= 0.3 is 0 Å². The number of halogens is 1. The van der Waals surface area contributed by atoms with Gasteiger partial charge in [-0.1, -0.05) is 0 Å². The van der Waals surface area contributed by atoms with E-state index in [4.69, 9.17) is 4.74 Å². The van der Waals surface area contributed by atoms with Gasteiger partial charge in [0.25, 0.3) is 0 Å². The zero-order valence-corrected chi connectivity index (χ0v) is 10.8. The van der Waals surface area contributed by atoms with Crippen LogP contribution in [0.5, 0.6) is 0 Å². The molecule has 0 saturated carbocycles. The molecule has 1 aliphatic heterocycles. The lowest BCUT2D eigenvalue weighted by atomic mass is 10.1. The zero-order chi connectivity index (χ0) is 13.1. The molecular weight excluding hydrogens is 233 g/mol. The van der Waals surface area contributed by atoms with Gasteiger partial charge in [-0.2, -0.15) is 0 Å². The molecule has 1 saturated heterocycles. The molecule has 0 radical (unpaired) electrons. The number of nitrogens with zero attached hydrogens (tertiary/aromatic N) is 1. The van der Waals surface area contributed by atoms with Gasteiger partial charge in [0.15, 0.2) is 5.78 Å². The van der Waals surface area contributed by atoms with E-state index in [1.54, 1.807) is 6.07 Å². The summed E-state index contributed by atoms with van der Waals surface area (Å²) < 4.78 is 18.8. The second kappa shape index (κ2) is 5.48. The first-order chi connectivity index (χ1) is 8.58. The van der Waals surface area contributed by atoms with Crippen molar-refractivity contribution in [1.29, 1.82) is 0 Å². The molecular formula is C14H18FNO2. The van der Waals surface area contributed by atoms with Gasteiger partial charge in [-0.05, 0) is 38.5 Å². The Morgan fingerprint density at radius 3 is 3.00 bits per heavy atom. The summed E-state index contributed by atoms with van der Waals surface area (Å²) in [6, 6.07) is 4.40. The number of Topliss-reactive ketones (excluding diaryl/α,β-unsaturated/α-hetero) is 1. The molecule has 1 atom stereocenters. The fraction of sp³-hybridized carbons (Fsp3) is 0.500. The number of hydrogen-bond donors (Lipinski definition) is 0. The number of hydrogen-bond acceptors (Lipinski definition) is 3. The maximum Gasteiger partial charge on any atom is 0.161 e. The molecule has 0 aromatic heterocycles. The Hall–Kier alpha value is -1.42. The molecule has 1 heterocycles. The van der Waals surface area contributed by atoms with E-state index in [-0.39, 0.29) is 17.7 Å². The predicted molar refractivity (Wildman–Crippen MR) is 68.6 cm³/mol. The Morgan fingerprint density at radius 1 is 1.50 bits per heavy atom. The van der Waals surface area contributed by atoms with Gasteiger partial charge in [-0.25, -0.2) is 4.39 Å². The fourth-order valence-electron chi connectivity index (χ4n) is 2.28. The maximum atomic E-state index is 13.2. The van der Waals surface area contributed by atoms with Gasteiger partial charge in [0.2, 0.25) is 0 Å². The molecule has 1 aliphatic rings. The van der Waals surface area contributed by atoms with E-state index in [0.717, 1.165) is 31.8 Å². The van der Waals surface area contributed by atoms with E-state index in [9.17, 15) is 9.18 Å². The summed E-state index contributed by atoms with van der Waals surface area (Å²) in [4.78, 5) is 13.7. The van der Waals surface area contributed by atoms with Crippen molar-refractivity contribution in [3.63, 3.8) is 0 Å². The summed E-state index contributed by atoms with van der Waals surface area (Å²) in [5.74, 6) is -0.481.